The van der Waals surface area contributed by atoms with Gasteiger partial charge in [0.15, 0.2) is 0 Å². The van der Waals surface area contributed by atoms with Gasteiger partial charge in [-0.25, -0.2) is 0 Å². The van der Waals surface area contributed by atoms with Gasteiger partial charge in [-0.2, -0.15) is 0 Å². The number of carbonyl (C=O) groups is 1. The topological polar surface area (TPSA) is 68.3 Å². The number of rotatable bonds is 1. The minimum Gasteiger partial charge on any atom is -0.341 e. The number of nitrogens with two attached hydrogens (primary N) is 1. The van der Waals surface area contributed by atoms with Crippen molar-refractivity contribution in [1.82, 2.24) is 9.47 Å². The number of hydrogen-bond acceptors (Lipinski definition) is 3. The lowest BCUT2D eigenvalue weighted by molar-refractivity contribution is -0.132. The Morgan fingerprint density at radius 1 is 1.33 bits per heavy atom. The summed E-state index contributed by atoms with van der Waals surface area (Å²) in [6.45, 7) is 2.21. The third kappa shape index (κ3) is 1.75. The molecule has 1 aromatic heterocycles. The molecule has 5 nitrogen and oxygen atoms in total. The highest BCUT2D eigenvalue weighted by atomic mass is 16.2. The largest absolute Gasteiger partial charge is 0.341 e. The van der Waals surface area contributed by atoms with Gasteiger partial charge in [-0.05, 0) is 18.4 Å². The van der Waals surface area contributed by atoms with E-state index >= 15 is 0 Å². The Morgan fingerprint density at radius 2 is 2.17 bits per heavy atom. The molecule has 0 saturated carbocycles. The lowest BCUT2D eigenvalue weighted by atomic mass is 9.83. The molecular weight excluding hydrogens is 230 g/mol. The fourth-order valence-electron chi connectivity index (χ4n) is 3.23. The van der Waals surface area contributed by atoms with Crippen LogP contribution in [-0.2, 0) is 11.3 Å². The maximum atomic E-state index is 11.8. The first-order valence-electron chi connectivity index (χ1n) is 6.36. The second-order valence-electron chi connectivity index (χ2n) is 5.20. The van der Waals surface area contributed by atoms with E-state index < -0.39 is 0 Å². The molecule has 1 saturated heterocycles. The van der Waals surface area contributed by atoms with Crippen LogP contribution in [0.5, 0.6) is 0 Å². The highest BCUT2D eigenvalue weighted by molar-refractivity contribution is 5.78. The van der Waals surface area contributed by atoms with Crippen LogP contribution in [0.1, 0.15) is 18.0 Å². The number of carbonyl (C=O) groups excluding carboxylic acids is 1. The van der Waals surface area contributed by atoms with Crippen molar-refractivity contribution in [1.29, 1.82) is 0 Å². The second kappa shape index (κ2) is 4.24. The SMILES string of the molecule is NCC(=O)N1C[C@H]2C[C@@H](C1)c1cccc(=O)n1C2. The summed E-state index contributed by atoms with van der Waals surface area (Å²) in [6.07, 6.45) is 1.07. The molecule has 2 aliphatic heterocycles. The summed E-state index contributed by atoms with van der Waals surface area (Å²) >= 11 is 0. The molecular formula is C13H17N3O2. The summed E-state index contributed by atoms with van der Waals surface area (Å²) in [6, 6.07) is 5.41. The van der Waals surface area contributed by atoms with Crippen LogP contribution in [0.4, 0.5) is 0 Å². The van der Waals surface area contributed by atoms with Crippen molar-refractivity contribution in [3.05, 3.63) is 34.2 Å². The third-order valence-corrected chi connectivity index (χ3v) is 4.01. The van der Waals surface area contributed by atoms with Crippen molar-refractivity contribution in [2.24, 2.45) is 11.7 Å². The lowest BCUT2D eigenvalue weighted by Gasteiger charge is -2.42. The fraction of sp³-hybridized carbons (Fsp3) is 0.538. The Kier molecular flexibility index (Phi) is 2.70. The van der Waals surface area contributed by atoms with Gasteiger partial charge in [-0.3, -0.25) is 9.59 Å². The zero-order valence-electron chi connectivity index (χ0n) is 10.2. The zero-order valence-corrected chi connectivity index (χ0v) is 10.2. The number of amides is 1. The molecule has 3 rings (SSSR count). The Hall–Kier alpha value is -1.62. The van der Waals surface area contributed by atoms with Crippen LogP contribution in [0, 0.1) is 5.92 Å². The van der Waals surface area contributed by atoms with Crippen LogP contribution < -0.4 is 11.3 Å². The molecule has 96 valence electrons. The van der Waals surface area contributed by atoms with Crippen molar-refractivity contribution < 1.29 is 4.79 Å². The van der Waals surface area contributed by atoms with Gasteiger partial charge < -0.3 is 15.2 Å². The van der Waals surface area contributed by atoms with Crippen LogP contribution in [-0.4, -0.2) is 35.0 Å². The average Bonchev–Trinajstić information content (AvgIpc) is 2.39. The predicted octanol–water partition coefficient (Wildman–Crippen LogP) is -0.247. The van der Waals surface area contributed by atoms with E-state index in [0.29, 0.717) is 12.5 Å². The summed E-state index contributed by atoms with van der Waals surface area (Å²) in [4.78, 5) is 25.4. The van der Waals surface area contributed by atoms with E-state index in [-0.39, 0.29) is 23.9 Å². The Morgan fingerprint density at radius 3 is 2.94 bits per heavy atom. The molecule has 5 heteroatoms. The molecule has 0 aromatic carbocycles. The van der Waals surface area contributed by atoms with Crippen LogP contribution in [0.15, 0.2) is 23.0 Å². The van der Waals surface area contributed by atoms with E-state index in [1.807, 2.05) is 15.5 Å². The van der Waals surface area contributed by atoms with E-state index in [4.69, 9.17) is 5.73 Å². The molecule has 0 aliphatic carbocycles. The van der Waals surface area contributed by atoms with Gasteiger partial charge in [0, 0.05) is 37.3 Å². The Balaban J connectivity index is 1.95. The highest BCUT2D eigenvalue weighted by Crippen LogP contribution is 2.34. The van der Waals surface area contributed by atoms with Crippen LogP contribution in [0.25, 0.3) is 0 Å². The number of piperidine rings is 1. The van der Waals surface area contributed by atoms with Crippen LogP contribution in [0.3, 0.4) is 0 Å². The average molecular weight is 247 g/mol. The molecule has 2 bridgehead atoms. The molecule has 3 heterocycles. The Bertz CT molecular complexity index is 537. The monoisotopic (exact) mass is 247 g/mol. The maximum Gasteiger partial charge on any atom is 0.250 e. The minimum atomic E-state index is 0.0106. The summed E-state index contributed by atoms with van der Waals surface area (Å²) in [5, 5.41) is 0. The molecule has 2 aliphatic rings. The first kappa shape index (κ1) is 11.5. The highest BCUT2D eigenvalue weighted by Gasteiger charge is 2.35. The van der Waals surface area contributed by atoms with Gasteiger partial charge in [0.05, 0.1) is 6.54 Å². The molecule has 1 aromatic rings. The van der Waals surface area contributed by atoms with Crippen molar-refractivity contribution in [3.8, 4) is 0 Å². The first-order valence-corrected chi connectivity index (χ1v) is 6.36. The summed E-state index contributed by atoms with van der Waals surface area (Å²) in [7, 11) is 0. The molecule has 1 fully saturated rings. The molecule has 0 radical (unpaired) electrons. The molecule has 1 amide bonds. The predicted molar refractivity (Wildman–Crippen MR) is 67.2 cm³/mol. The van der Waals surface area contributed by atoms with Gasteiger partial charge >= 0.3 is 0 Å². The van der Waals surface area contributed by atoms with Gasteiger partial charge in [0.2, 0.25) is 5.91 Å². The number of likely N-dealkylation sites (tertiary alicyclic amines) is 1. The molecule has 2 atom stereocenters. The minimum absolute atomic E-state index is 0.0106. The number of hydrogen-bond donors (Lipinski definition) is 1. The number of nitrogens with zero attached hydrogens (tertiary/aromatic N) is 2. The standard InChI is InChI=1S/C13H17N3O2/c14-5-13(18)15-6-9-4-10(8-15)11-2-1-3-12(17)16(11)7-9/h1-3,9-10H,4-8,14H2/t9-,10+/m1/s1. The Labute approximate surface area is 105 Å². The number of aromatic nitrogens is 1. The normalized spacial score (nSPS) is 25.7. The van der Waals surface area contributed by atoms with E-state index in [2.05, 4.69) is 0 Å². The van der Waals surface area contributed by atoms with Crippen molar-refractivity contribution in [2.75, 3.05) is 19.6 Å². The second-order valence-corrected chi connectivity index (χ2v) is 5.20. The smallest absolute Gasteiger partial charge is 0.250 e. The molecule has 0 unspecified atom stereocenters. The van der Waals surface area contributed by atoms with Crippen molar-refractivity contribution in [2.45, 2.75) is 18.9 Å². The summed E-state index contributed by atoms with van der Waals surface area (Å²) < 4.78 is 1.86. The van der Waals surface area contributed by atoms with E-state index in [1.54, 1.807) is 12.1 Å². The van der Waals surface area contributed by atoms with Crippen LogP contribution in [0.2, 0.25) is 0 Å². The lowest BCUT2D eigenvalue weighted by Crippen LogP contribution is -2.50. The van der Waals surface area contributed by atoms with Gasteiger partial charge in [-0.15, -0.1) is 0 Å². The quantitative estimate of drug-likeness (QED) is 0.744. The number of pyridine rings is 1. The first-order chi connectivity index (χ1) is 8.69. The molecule has 2 N–H and O–H groups in total. The van der Waals surface area contributed by atoms with Gasteiger partial charge in [-0.1, -0.05) is 6.07 Å². The van der Waals surface area contributed by atoms with Gasteiger partial charge in [0.25, 0.3) is 5.56 Å². The maximum absolute atomic E-state index is 11.8. The van der Waals surface area contributed by atoms with Crippen molar-refractivity contribution in [3.63, 3.8) is 0 Å². The fourth-order valence-corrected chi connectivity index (χ4v) is 3.23. The van der Waals surface area contributed by atoms with Crippen molar-refractivity contribution >= 4 is 5.91 Å². The summed E-state index contributed by atoms with van der Waals surface area (Å²) in [5.74, 6) is 0.671. The molecule has 0 spiro atoms. The van der Waals surface area contributed by atoms with E-state index in [9.17, 15) is 9.59 Å². The van der Waals surface area contributed by atoms with Gasteiger partial charge in [0.1, 0.15) is 0 Å². The van der Waals surface area contributed by atoms with Crippen LogP contribution >= 0.6 is 0 Å². The zero-order chi connectivity index (χ0) is 12.7. The van der Waals surface area contributed by atoms with E-state index in [1.165, 1.54) is 0 Å². The molecule has 18 heavy (non-hydrogen) atoms. The number of fused-ring (bicyclic) bond motifs is 4. The van der Waals surface area contributed by atoms with E-state index in [0.717, 1.165) is 25.2 Å². The third-order valence-electron chi connectivity index (χ3n) is 4.01. The summed E-state index contributed by atoms with van der Waals surface area (Å²) in [5.41, 5.74) is 6.56.